The Bertz CT molecular complexity index is 198. The van der Waals surface area contributed by atoms with Crippen LogP contribution in [0.1, 0.15) is 9.67 Å². The predicted molar refractivity (Wildman–Crippen MR) is 32.5 cm³/mol. The second-order valence-electron chi connectivity index (χ2n) is 1.13. The number of carbonyl (C=O) groups excluding carboxylic acids is 1. The highest BCUT2D eigenvalue weighted by Crippen LogP contribution is 2.14. The SMILES string of the molecule is O=Cc1scnc1Cl. The third-order valence-electron chi connectivity index (χ3n) is 0.656. The second kappa shape index (κ2) is 2.24. The van der Waals surface area contributed by atoms with Crippen LogP contribution in [0.2, 0.25) is 5.15 Å². The van der Waals surface area contributed by atoms with Crippen molar-refractivity contribution in [2.45, 2.75) is 0 Å². The molecule has 1 heterocycles. The van der Waals surface area contributed by atoms with E-state index in [1.807, 2.05) is 0 Å². The highest BCUT2D eigenvalue weighted by molar-refractivity contribution is 7.11. The summed E-state index contributed by atoms with van der Waals surface area (Å²) in [7, 11) is 0. The Hall–Kier alpha value is -0.410. The van der Waals surface area contributed by atoms with Crippen LogP contribution in [0, 0.1) is 0 Å². The fraction of sp³-hybridized carbons (Fsp3) is 0. The van der Waals surface area contributed by atoms with Crippen LogP contribution in [0.3, 0.4) is 0 Å². The number of hydrogen-bond donors (Lipinski definition) is 0. The van der Waals surface area contributed by atoms with E-state index in [2.05, 4.69) is 4.98 Å². The number of aromatic nitrogens is 1. The van der Waals surface area contributed by atoms with Crippen LogP contribution in [0.4, 0.5) is 0 Å². The van der Waals surface area contributed by atoms with Gasteiger partial charge in [0.2, 0.25) is 0 Å². The summed E-state index contributed by atoms with van der Waals surface area (Å²) in [5.41, 5.74) is 1.53. The molecule has 0 unspecified atom stereocenters. The fourth-order valence-corrected chi connectivity index (χ4v) is 1.08. The molecule has 2 nitrogen and oxygen atoms in total. The molecule has 0 saturated carbocycles. The first-order valence-electron chi connectivity index (χ1n) is 1.88. The highest BCUT2D eigenvalue weighted by atomic mass is 35.5. The third kappa shape index (κ3) is 0.877. The Morgan fingerprint density at radius 1 is 1.88 bits per heavy atom. The molecule has 0 spiro atoms. The number of halogens is 1. The predicted octanol–water partition coefficient (Wildman–Crippen LogP) is 1.61. The van der Waals surface area contributed by atoms with Crippen molar-refractivity contribution in [1.29, 1.82) is 0 Å². The van der Waals surface area contributed by atoms with E-state index in [-0.39, 0.29) is 0 Å². The molecule has 0 atom stereocenters. The van der Waals surface area contributed by atoms with Gasteiger partial charge in [-0.2, -0.15) is 0 Å². The maximum atomic E-state index is 9.97. The molecule has 0 amide bonds. The Kier molecular flexibility index (Phi) is 1.60. The van der Waals surface area contributed by atoms with Gasteiger partial charge in [-0.3, -0.25) is 4.79 Å². The summed E-state index contributed by atoms with van der Waals surface area (Å²) in [4.78, 5) is 14.1. The van der Waals surface area contributed by atoms with Gasteiger partial charge in [-0.1, -0.05) is 11.6 Å². The zero-order chi connectivity index (χ0) is 5.98. The van der Waals surface area contributed by atoms with Gasteiger partial charge in [-0.15, -0.1) is 11.3 Å². The van der Waals surface area contributed by atoms with E-state index >= 15 is 0 Å². The number of rotatable bonds is 1. The molecule has 8 heavy (non-hydrogen) atoms. The molecule has 4 heteroatoms. The summed E-state index contributed by atoms with van der Waals surface area (Å²) >= 11 is 6.65. The maximum absolute atomic E-state index is 9.97. The van der Waals surface area contributed by atoms with Gasteiger partial charge in [0.05, 0.1) is 5.51 Å². The molecular weight excluding hydrogens is 146 g/mol. The number of carbonyl (C=O) groups is 1. The van der Waals surface area contributed by atoms with E-state index in [0.29, 0.717) is 16.3 Å². The Morgan fingerprint density at radius 3 is 2.88 bits per heavy atom. The van der Waals surface area contributed by atoms with Crippen molar-refractivity contribution in [3.05, 3.63) is 15.5 Å². The average Bonchev–Trinajstić information content (AvgIpc) is 2.14. The van der Waals surface area contributed by atoms with E-state index in [9.17, 15) is 4.79 Å². The van der Waals surface area contributed by atoms with Crippen molar-refractivity contribution in [3.63, 3.8) is 0 Å². The standard InChI is InChI=1S/C4H2ClNOS/c5-4-3(1-7)8-2-6-4/h1-2H. The molecule has 1 rings (SSSR count). The van der Waals surface area contributed by atoms with Crippen molar-refractivity contribution < 1.29 is 4.79 Å². The van der Waals surface area contributed by atoms with Crippen LogP contribution < -0.4 is 0 Å². The molecule has 0 aliphatic carbocycles. The molecule has 1 aromatic heterocycles. The van der Waals surface area contributed by atoms with E-state index < -0.39 is 0 Å². The van der Waals surface area contributed by atoms with E-state index in [1.54, 1.807) is 0 Å². The van der Waals surface area contributed by atoms with Crippen molar-refractivity contribution in [1.82, 2.24) is 4.98 Å². The van der Waals surface area contributed by atoms with Crippen LogP contribution in [0.15, 0.2) is 5.51 Å². The zero-order valence-corrected chi connectivity index (χ0v) is 5.37. The molecule has 0 bridgehead atoms. The lowest BCUT2D eigenvalue weighted by Gasteiger charge is -1.74. The van der Waals surface area contributed by atoms with Gasteiger partial charge < -0.3 is 0 Å². The van der Waals surface area contributed by atoms with E-state index in [1.165, 1.54) is 16.8 Å². The molecular formula is C4H2ClNOS. The largest absolute Gasteiger partial charge is 0.297 e. The minimum absolute atomic E-state index is 0.296. The lowest BCUT2D eigenvalue weighted by molar-refractivity contribution is 0.112. The lowest BCUT2D eigenvalue weighted by atomic mass is 10.6. The van der Waals surface area contributed by atoms with Crippen LogP contribution >= 0.6 is 22.9 Å². The van der Waals surface area contributed by atoms with Crippen LogP contribution in [0.5, 0.6) is 0 Å². The number of thiazole rings is 1. The van der Waals surface area contributed by atoms with Crippen LogP contribution in [-0.4, -0.2) is 11.3 Å². The molecule has 0 saturated heterocycles. The van der Waals surface area contributed by atoms with Gasteiger partial charge in [0.25, 0.3) is 0 Å². The first kappa shape index (κ1) is 5.72. The monoisotopic (exact) mass is 147 g/mol. The van der Waals surface area contributed by atoms with Gasteiger partial charge >= 0.3 is 0 Å². The Morgan fingerprint density at radius 2 is 2.62 bits per heavy atom. The summed E-state index contributed by atoms with van der Waals surface area (Å²) in [5, 5.41) is 0.296. The summed E-state index contributed by atoms with van der Waals surface area (Å²) in [5.74, 6) is 0. The molecule has 0 N–H and O–H groups in total. The topological polar surface area (TPSA) is 30.0 Å². The van der Waals surface area contributed by atoms with Crippen LogP contribution in [-0.2, 0) is 0 Å². The maximum Gasteiger partial charge on any atom is 0.163 e. The van der Waals surface area contributed by atoms with Crippen molar-refractivity contribution >= 4 is 29.2 Å². The highest BCUT2D eigenvalue weighted by Gasteiger charge is 1.97. The fourth-order valence-electron chi connectivity index (χ4n) is 0.318. The minimum atomic E-state index is 0.296. The average molecular weight is 148 g/mol. The summed E-state index contributed by atoms with van der Waals surface area (Å²) in [6.07, 6.45) is 0.694. The number of hydrogen-bond acceptors (Lipinski definition) is 3. The third-order valence-corrected chi connectivity index (χ3v) is 1.82. The Balaban J connectivity index is 3.09. The molecule has 0 aromatic carbocycles. The molecule has 0 aliphatic heterocycles. The van der Waals surface area contributed by atoms with Crippen LogP contribution in [0.25, 0.3) is 0 Å². The van der Waals surface area contributed by atoms with Gasteiger partial charge in [-0.05, 0) is 0 Å². The first-order chi connectivity index (χ1) is 3.84. The van der Waals surface area contributed by atoms with Gasteiger partial charge in [-0.25, -0.2) is 4.98 Å². The quantitative estimate of drug-likeness (QED) is 0.565. The van der Waals surface area contributed by atoms with Gasteiger partial charge in [0, 0.05) is 0 Å². The normalized spacial score (nSPS) is 9.12. The minimum Gasteiger partial charge on any atom is -0.297 e. The lowest BCUT2D eigenvalue weighted by Crippen LogP contribution is -1.69. The number of aldehydes is 1. The molecule has 1 aromatic rings. The van der Waals surface area contributed by atoms with Crippen molar-refractivity contribution in [2.75, 3.05) is 0 Å². The smallest absolute Gasteiger partial charge is 0.163 e. The summed E-state index contributed by atoms with van der Waals surface area (Å²) in [6.45, 7) is 0. The molecule has 0 aliphatic rings. The zero-order valence-electron chi connectivity index (χ0n) is 3.80. The number of nitrogens with zero attached hydrogens (tertiary/aromatic N) is 1. The second-order valence-corrected chi connectivity index (χ2v) is 2.37. The van der Waals surface area contributed by atoms with Crippen molar-refractivity contribution in [3.8, 4) is 0 Å². The summed E-state index contributed by atoms with van der Waals surface area (Å²) < 4.78 is 0. The van der Waals surface area contributed by atoms with E-state index in [4.69, 9.17) is 11.6 Å². The van der Waals surface area contributed by atoms with Gasteiger partial charge in [0.15, 0.2) is 11.4 Å². The van der Waals surface area contributed by atoms with E-state index in [0.717, 1.165) is 0 Å². The summed E-state index contributed by atoms with van der Waals surface area (Å²) in [6, 6.07) is 0. The first-order valence-corrected chi connectivity index (χ1v) is 3.14. The molecule has 0 radical (unpaired) electrons. The van der Waals surface area contributed by atoms with Crippen molar-refractivity contribution in [2.24, 2.45) is 0 Å². The molecule has 0 fully saturated rings. The van der Waals surface area contributed by atoms with Gasteiger partial charge in [0.1, 0.15) is 4.88 Å². The molecule has 42 valence electrons. The Labute approximate surface area is 55.1 Å².